The molecule has 1 aromatic carbocycles. The molecule has 3 aromatic rings. The molecular weight excluding hydrogens is 310 g/mol. The van der Waals surface area contributed by atoms with Gasteiger partial charge in [0.15, 0.2) is 14.6 Å². The minimum Gasteiger partial charge on any atom is -0.361 e. The number of aromatic nitrogens is 3. The van der Waals surface area contributed by atoms with Crippen molar-refractivity contribution in [3.8, 4) is 0 Å². The van der Waals surface area contributed by atoms with Crippen LogP contribution in [0.2, 0.25) is 0 Å². The van der Waals surface area contributed by atoms with Crippen molar-refractivity contribution in [2.75, 3.05) is 6.26 Å². The van der Waals surface area contributed by atoms with Gasteiger partial charge in [-0.25, -0.2) is 8.42 Å². The van der Waals surface area contributed by atoms with Gasteiger partial charge in [0.05, 0.1) is 22.5 Å². The summed E-state index contributed by atoms with van der Waals surface area (Å²) in [7, 11) is -3.33. The molecule has 0 radical (unpaired) electrons. The van der Waals surface area contributed by atoms with Gasteiger partial charge >= 0.3 is 0 Å². The number of aryl methyl sites for hydroxylation is 1. The van der Waals surface area contributed by atoms with Gasteiger partial charge in [-0.3, -0.25) is 0 Å². The van der Waals surface area contributed by atoms with E-state index in [1.807, 2.05) is 19.1 Å². The Hall–Kier alpha value is -1.93. The standard InChI is InChI=1S/C13H13N3O3S2/c1-8-6-9(15-19-8)7-16-10-4-3-5-11(21(2,17)18)12(10)14-13(16)20/h3-6H,7H2,1-2H3,(H,14,20). The molecule has 0 unspecified atom stereocenters. The lowest BCUT2D eigenvalue weighted by Gasteiger charge is -2.03. The van der Waals surface area contributed by atoms with E-state index in [0.29, 0.717) is 22.6 Å². The summed E-state index contributed by atoms with van der Waals surface area (Å²) in [6.45, 7) is 2.23. The van der Waals surface area contributed by atoms with Crippen LogP contribution in [-0.2, 0) is 16.4 Å². The highest BCUT2D eigenvalue weighted by Crippen LogP contribution is 2.23. The number of imidazole rings is 1. The Morgan fingerprint density at radius 1 is 1.43 bits per heavy atom. The number of rotatable bonds is 3. The van der Waals surface area contributed by atoms with Crippen molar-refractivity contribution >= 4 is 33.1 Å². The Balaban J connectivity index is 2.21. The Labute approximate surface area is 126 Å². The third-order valence-corrected chi connectivity index (χ3v) is 4.63. The summed E-state index contributed by atoms with van der Waals surface area (Å²) in [5.74, 6) is 0.716. The second-order valence-electron chi connectivity index (χ2n) is 4.87. The highest BCUT2D eigenvalue weighted by atomic mass is 32.2. The van der Waals surface area contributed by atoms with Gasteiger partial charge in [0.1, 0.15) is 11.5 Å². The van der Waals surface area contributed by atoms with E-state index in [4.69, 9.17) is 16.7 Å². The smallest absolute Gasteiger partial charge is 0.178 e. The molecule has 0 aliphatic carbocycles. The van der Waals surface area contributed by atoms with Crippen molar-refractivity contribution < 1.29 is 12.9 Å². The molecular formula is C13H13N3O3S2. The second-order valence-corrected chi connectivity index (χ2v) is 7.24. The number of nitrogens with one attached hydrogen (secondary N) is 1. The molecule has 3 rings (SSSR count). The predicted octanol–water partition coefficient (Wildman–Crippen LogP) is 2.45. The molecule has 0 saturated carbocycles. The molecule has 6 nitrogen and oxygen atoms in total. The fourth-order valence-electron chi connectivity index (χ4n) is 2.27. The molecule has 0 aliphatic rings. The van der Waals surface area contributed by atoms with Gasteiger partial charge in [0.2, 0.25) is 0 Å². The molecule has 0 fully saturated rings. The lowest BCUT2D eigenvalue weighted by atomic mass is 10.3. The summed E-state index contributed by atoms with van der Waals surface area (Å²) in [6, 6.07) is 6.91. The van der Waals surface area contributed by atoms with Crippen LogP contribution in [0.3, 0.4) is 0 Å². The molecule has 2 heterocycles. The molecule has 0 aliphatic heterocycles. The number of aromatic amines is 1. The van der Waals surface area contributed by atoms with Crippen molar-refractivity contribution in [2.24, 2.45) is 0 Å². The lowest BCUT2D eigenvalue weighted by molar-refractivity contribution is 0.389. The third kappa shape index (κ3) is 2.52. The van der Waals surface area contributed by atoms with Gasteiger partial charge < -0.3 is 14.1 Å². The van der Waals surface area contributed by atoms with Gasteiger partial charge in [-0.05, 0) is 31.3 Å². The summed E-state index contributed by atoms with van der Waals surface area (Å²) in [5, 5.41) is 3.94. The first-order chi connectivity index (χ1) is 9.86. The fraction of sp³-hybridized carbons (Fsp3) is 0.231. The van der Waals surface area contributed by atoms with Crippen LogP contribution in [0.5, 0.6) is 0 Å². The third-order valence-electron chi connectivity index (χ3n) is 3.17. The van der Waals surface area contributed by atoms with E-state index in [9.17, 15) is 8.42 Å². The van der Waals surface area contributed by atoms with Crippen LogP contribution in [0.15, 0.2) is 33.7 Å². The van der Waals surface area contributed by atoms with Crippen molar-refractivity contribution in [3.05, 3.63) is 40.5 Å². The maximum atomic E-state index is 11.8. The number of hydrogen-bond acceptors (Lipinski definition) is 5. The number of fused-ring (bicyclic) bond motifs is 1. The van der Waals surface area contributed by atoms with Crippen molar-refractivity contribution in [1.29, 1.82) is 0 Å². The minimum atomic E-state index is -3.33. The normalized spacial score (nSPS) is 12.1. The zero-order chi connectivity index (χ0) is 15.2. The van der Waals surface area contributed by atoms with E-state index in [-0.39, 0.29) is 4.90 Å². The zero-order valence-corrected chi connectivity index (χ0v) is 13.1. The molecule has 0 saturated heterocycles. The Kier molecular flexibility index (Phi) is 3.22. The van der Waals surface area contributed by atoms with Crippen molar-refractivity contribution in [3.63, 3.8) is 0 Å². The number of hydrogen-bond donors (Lipinski definition) is 1. The molecule has 0 atom stereocenters. The summed E-state index contributed by atoms with van der Waals surface area (Å²) in [5.41, 5.74) is 1.98. The maximum absolute atomic E-state index is 11.8. The first kappa shape index (κ1) is 14.0. The number of benzene rings is 1. The largest absolute Gasteiger partial charge is 0.361 e. The molecule has 21 heavy (non-hydrogen) atoms. The second kappa shape index (κ2) is 4.81. The number of H-pyrrole nitrogens is 1. The summed E-state index contributed by atoms with van der Waals surface area (Å²) >= 11 is 5.30. The molecule has 8 heteroatoms. The van der Waals surface area contributed by atoms with Crippen molar-refractivity contribution in [1.82, 2.24) is 14.7 Å². The Morgan fingerprint density at radius 2 is 2.19 bits per heavy atom. The van der Waals surface area contributed by atoms with E-state index in [0.717, 1.165) is 11.2 Å². The van der Waals surface area contributed by atoms with Crippen LogP contribution in [0, 0.1) is 11.7 Å². The van der Waals surface area contributed by atoms with E-state index in [1.165, 1.54) is 6.26 Å². The van der Waals surface area contributed by atoms with E-state index in [2.05, 4.69) is 10.1 Å². The molecule has 2 aromatic heterocycles. The van der Waals surface area contributed by atoms with Crippen LogP contribution >= 0.6 is 12.2 Å². The van der Waals surface area contributed by atoms with Crippen LogP contribution in [-0.4, -0.2) is 29.4 Å². The Bertz CT molecular complexity index is 980. The molecule has 0 amide bonds. The van der Waals surface area contributed by atoms with E-state index in [1.54, 1.807) is 16.7 Å². The van der Waals surface area contributed by atoms with E-state index < -0.39 is 9.84 Å². The van der Waals surface area contributed by atoms with Gasteiger partial charge in [0, 0.05) is 12.3 Å². The number of para-hydroxylation sites is 1. The summed E-state index contributed by atoms with van der Waals surface area (Å²) in [6.07, 6.45) is 1.18. The summed E-state index contributed by atoms with van der Waals surface area (Å²) in [4.78, 5) is 3.21. The van der Waals surface area contributed by atoms with Gasteiger partial charge in [-0.15, -0.1) is 0 Å². The van der Waals surface area contributed by atoms with Crippen LogP contribution in [0.25, 0.3) is 11.0 Å². The molecule has 0 spiro atoms. The SMILES string of the molecule is Cc1cc(Cn2c(=S)[nH]c3c(S(C)(=O)=O)cccc32)no1. The topological polar surface area (TPSA) is 80.9 Å². The first-order valence-corrected chi connectivity index (χ1v) is 8.50. The first-order valence-electron chi connectivity index (χ1n) is 6.20. The molecule has 110 valence electrons. The molecule has 0 bridgehead atoms. The van der Waals surface area contributed by atoms with E-state index >= 15 is 0 Å². The minimum absolute atomic E-state index is 0.237. The fourth-order valence-corrected chi connectivity index (χ4v) is 3.39. The summed E-state index contributed by atoms with van der Waals surface area (Å²) < 4.78 is 31.0. The van der Waals surface area contributed by atoms with Crippen LogP contribution < -0.4 is 0 Å². The monoisotopic (exact) mass is 323 g/mol. The molecule has 1 N–H and O–H groups in total. The predicted molar refractivity (Wildman–Crippen MR) is 80.6 cm³/mol. The van der Waals surface area contributed by atoms with Crippen LogP contribution in [0.4, 0.5) is 0 Å². The Morgan fingerprint density at radius 3 is 2.81 bits per heavy atom. The van der Waals surface area contributed by atoms with Gasteiger partial charge in [-0.2, -0.15) is 0 Å². The highest BCUT2D eigenvalue weighted by Gasteiger charge is 2.16. The average Bonchev–Trinajstić information content (AvgIpc) is 2.93. The number of nitrogens with zero attached hydrogens (tertiary/aromatic N) is 2. The van der Waals surface area contributed by atoms with Gasteiger partial charge in [0.25, 0.3) is 0 Å². The van der Waals surface area contributed by atoms with Gasteiger partial charge in [-0.1, -0.05) is 11.2 Å². The zero-order valence-electron chi connectivity index (χ0n) is 11.5. The lowest BCUT2D eigenvalue weighted by Crippen LogP contribution is -2.01. The van der Waals surface area contributed by atoms with Crippen molar-refractivity contribution in [2.45, 2.75) is 18.4 Å². The maximum Gasteiger partial charge on any atom is 0.178 e. The quantitative estimate of drug-likeness (QED) is 0.749. The highest BCUT2D eigenvalue weighted by molar-refractivity contribution is 7.91. The number of sulfone groups is 1. The van der Waals surface area contributed by atoms with Crippen LogP contribution in [0.1, 0.15) is 11.5 Å². The average molecular weight is 323 g/mol.